The van der Waals surface area contributed by atoms with E-state index in [9.17, 15) is 14.4 Å². The van der Waals surface area contributed by atoms with Gasteiger partial charge in [-0.25, -0.2) is 0 Å². The molecule has 1 aliphatic heterocycles. The van der Waals surface area contributed by atoms with Crippen molar-refractivity contribution in [3.63, 3.8) is 0 Å². The largest absolute Gasteiger partial charge is 0.382 e. The van der Waals surface area contributed by atoms with Crippen molar-refractivity contribution in [1.82, 2.24) is 10.2 Å². The van der Waals surface area contributed by atoms with Crippen LogP contribution in [0.4, 0.5) is 0 Å². The van der Waals surface area contributed by atoms with Crippen LogP contribution in [0.5, 0.6) is 0 Å². The van der Waals surface area contributed by atoms with Crippen LogP contribution in [0.15, 0.2) is 12.2 Å². The number of rotatable bonds is 30. The maximum absolute atomic E-state index is 11.8. The lowest BCUT2D eigenvalue weighted by molar-refractivity contribution is -0.137. The molecule has 14 nitrogen and oxygen atoms in total. The molecule has 1 N–H and O–H groups in total. The van der Waals surface area contributed by atoms with Gasteiger partial charge in [0, 0.05) is 38.8 Å². The molecule has 0 bridgehead atoms. The van der Waals surface area contributed by atoms with Gasteiger partial charge < -0.3 is 47.9 Å². The second kappa shape index (κ2) is 27.2. The van der Waals surface area contributed by atoms with Gasteiger partial charge in [-0.1, -0.05) is 0 Å². The van der Waals surface area contributed by atoms with Crippen LogP contribution >= 0.6 is 0 Å². The summed E-state index contributed by atoms with van der Waals surface area (Å²) in [5, 5.41) is 2.67. The van der Waals surface area contributed by atoms with Gasteiger partial charge in [0.05, 0.1) is 112 Å². The molecule has 0 radical (unpaired) electrons. The van der Waals surface area contributed by atoms with Crippen molar-refractivity contribution in [2.24, 2.45) is 0 Å². The van der Waals surface area contributed by atoms with E-state index >= 15 is 0 Å². The number of amides is 3. The summed E-state index contributed by atoms with van der Waals surface area (Å²) in [5.74, 6) is -1.04. The number of nitrogens with one attached hydrogen (secondary N) is 1. The van der Waals surface area contributed by atoms with Gasteiger partial charge >= 0.3 is 0 Å². The maximum Gasteiger partial charge on any atom is 0.253 e. The van der Waals surface area contributed by atoms with Gasteiger partial charge in [0.25, 0.3) is 11.8 Å². The maximum atomic E-state index is 11.8. The van der Waals surface area contributed by atoms with Crippen LogP contribution in [-0.2, 0) is 57.0 Å². The van der Waals surface area contributed by atoms with Gasteiger partial charge in [0.1, 0.15) is 0 Å². The number of carbonyl (C=O) groups is 3. The molecule has 0 aliphatic carbocycles. The number of hydrogen-bond donors (Lipinski definition) is 1. The fourth-order valence-corrected chi connectivity index (χ4v) is 3.00. The van der Waals surface area contributed by atoms with Crippen LogP contribution in [0.2, 0.25) is 0 Å². The van der Waals surface area contributed by atoms with Crippen molar-refractivity contribution in [2.75, 3.05) is 133 Å². The second-order valence-corrected chi connectivity index (χ2v) is 8.15. The lowest BCUT2D eigenvalue weighted by Crippen LogP contribution is -2.35. The molecule has 0 atom stereocenters. The molecule has 1 aliphatic rings. The Balaban J connectivity index is 1.68. The summed E-state index contributed by atoms with van der Waals surface area (Å²) < 4.78 is 48.0. The summed E-state index contributed by atoms with van der Waals surface area (Å²) >= 11 is 0. The molecule has 0 aromatic rings. The molecule has 14 heteroatoms. The number of hydrogen-bond acceptors (Lipinski definition) is 12. The first-order valence-corrected chi connectivity index (χ1v) is 13.6. The molecule has 0 aromatic heterocycles. The van der Waals surface area contributed by atoms with Crippen molar-refractivity contribution in [1.29, 1.82) is 0 Å². The summed E-state index contributed by atoms with van der Waals surface area (Å²) in [4.78, 5) is 35.6. The molecule has 0 aromatic carbocycles. The normalized spacial score (nSPS) is 13.1. The lowest BCUT2D eigenvalue weighted by atomic mass is 10.3. The third-order valence-corrected chi connectivity index (χ3v) is 5.07. The van der Waals surface area contributed by atoms with E-state index in [-0.39, 0.29) is 18.9 Å². The summed E-state index contributed by atoms with van der Waals surface area (Å²) in [5.41, 5.74) is 0. The van der Waals surface area contributed by atoms with Crippen molar-refractivity contribution in [3.05, 3.63) is 12.2 Å². The molecule has 232 valence electrons. The molecular formula is C26H46N2O12. The molecular weight excluding hydrogens is 532 g/mol. The zero-order valence-corrected chi connectivity index (χ0v) is 23.6. The molecule has 0 unspecified atom stereocenters. The minimum atomic E-state index is -0.394. The number of ether oxygens (including phenoxy) is 9. The Morgan fingerprint density at radius 2 is 0.900 bits per heavy atom. The minimum Gasteiger partial charge on any atom is -0.382 e. The number of imide groups is 1. The van der Waals surface area contributed by atoms with E-state index in [1.165, 1.54) is 12.2 Å². The highest BCUT2D eigenvalue weighted by Crippen LogP contribution is 2.03. The molecule has 1 heterocycles. The van der Waals surface area contributed by atoms with E-state index in [1.807, 2.05) is 0 Å². The van der Waals surface area contributed by atoms with Gasteiger partial charge in [-0.3, -0.25) is 19.3 Å². The monoisotopic (exact) mass is 578 g/mol. The predicted molar refractivity (Wildman–Crippen MR) is 142 cm³/mol. The quantitative estimate of drug-likeness (QED) is 0.0840. The van der Waals surface area contributed by atoms with Gasteiger partial charge in [-0.05, 0) is 0 Å². The van der Waals surface area contributed by atoms with Crippen LogP contribution in [-0.4, -0.2) is 155 Å². The topological polar surface area (TPSA) is 150 Å². The van der Waals surface area contributed by atoms with Crippen molar-refractivity contribution in [3.8, 4) is 0 Å². The van der Waals surface area contributed by atoms with E-state index in [0.717, 1.165) is 4.90 Å². The highest BCUT2D eigenvalue weighted by Gasteiger charge is 2.23. The summed E-state index contributed by atoms with van der Waals surface area (Å²) in [6.45, 7) is 8.64. The van der Waals surface area contributed by atoms with E-state index in [0.29, 0.717) is 119 Å². The molecule has 0 saturated heterocycles. The van der Waals surface area contributed by atoms with E-state index in [4.69, 9.17) is 42.6 Å². The Hall–Kier alpha value is -2.01. The predicted octanol–water partition coefficient (Wildman–Crippen LogP) is -0.803. The number of carbonyl (C=O) groups excluding carboxylic acids is 3. The molecule has 3 amide bonds. The fraction of sp³-hybridized carbons (Fsp3) is 0.808. The van der Waals surface area contributed by atoms with Crippen LogP contribution in [0.25, 0.3) is 0 Å². The lowest BCUT2D eigenvalue weighted by Gasteiger charge is -2.13. The Morgan fingerprint density at radius 3 is 1.25 bits per heavy atom. The number of methoxy groups -OCH3 is 1. The Morgan fingerprint density at radius 1 is 0.575 bits per heavy atom. The van der Waals surface area contributed by atoms with Crippen molar-refractivity contribution >= 4 is 17.7 Å². The molecule has 0 fully saturated rings. The zero-order valence-electron chi connectivity index (χ0n) is 23.6. The van der Waals surface area contributed by atoms with Gasteiger partial charge in [-0.2, -0.15) is 0 Å². The minimum absolute atomic E-state index is 0.0570. The smallest absolute Gasteiger partial charge is 0.253 e. The summed E-state index contributed by atoms with van der Waals surface area (Å²) in [6, 6.07) is 0. The van der Waals surface area contributed by atoms with Crippen LogP contribution in [0.3, 0.4) is 0 Å². The van der Waals surface area contributed by atoms with Crippen LogP contribution in [0.1, 0.15) is 6.42 Å². The van der Waals surface area contributed by atoms with Crippen LogP contribution < -0.4 is 5.32 Å². The van der Waals surface area contributed by atoms with Gasteiger partial charge in [0.15, 0.2) is 0 Å². The first-order chi connectivity index (χ1) is 19.6. The first-order valence-electron chi connectivity index (χ1n) is 13.6. The van der Waals surface area contributed by atoms with Crippen molar-refractivity contribution in [2.45, 2.75) is 6.42 Å². The highest BCUT2D eigenvalue weighted by atomic mass is 16.6. The average molecular weight is 579 g/mol. The van der Waals surface area contributed by atoms with Crippen molar-refractivity contribution < 1.29 is 57.0 Å². The zero-order chi connectivity index (χ0) is 28.9. The van der Waals surface area contributed by atoms with E-state index < -0.39 is 11.8 Å². The van der Waals surface area contributed by atoms with Gasteiger partial charge in [-0.15, -0.1) is 0 Å². The third-order valence-electron chi connectivity index (χ3n) is 5.07. The third kappa shape index (κ3) is 21.8. The molecule has 1 rings (SSSR count). The average Bonchev–Trinajstić information content (AvgIpc) is 3.27. The molecule has 0 saturated carbocycles. The first kappa shape index (κ1) is 36.0. The Kier molecular flexibility index (Phi) is 24.5. The number of nitrogens with zero attached hydrogens (tertiary/aromatic N) is 1. The van der Waals surface area contributed by atoms with Gasteiger partial charge in [0.2, 0.25) is 5.91 Å². The van der Waals surface area contributed by atoms with E-state index in [1.54, 1.807) is 7.11 Å². The van der Waals surface area contributed by atoms with Crippen LogP contribution in [0, 0.1) is 0 Å². The Labute approximate surface area is 236 Å². The highest BCUT2D eigenvalue weighted by molar-refractivity contribution is 6.13. The molecule has 40 heavy (non-hydrogen) atoms. The summed E-state index contributed by atoms with van der Waals surface area (Å²) in [7, 11) is 1.64. The Bertz CT molecular complexity index is 662. The SMILES string of the molecule is COCCOCCOCCOCCOCCOCCOCCOCCOCCNC(=O)CCN1C(=O)C=CC1=O. The fourth-order valence-electron chi connectivity index (χ4n) is 3.00. The summed E-state index contributed by atoms with van der Waals surface area (Å²) in [6.07, 6.45) is 2.44. The second-order valence-electron chi connectivity index (χ2n) is 8.15. The molecule has 0 spiro atoms. The van der Waals surface area contributed by atoms with E-state index in [2.05, 4.69) is 5.32 Å². The standard InChI is InChI=1S/C26H46N2O12/c1-32-8-9-34-12-13-36-16-17-38-20-21-40-23-22-39-19-18-37-15-14-35-11-10-33-7-5-27-24(29)4-6-28-25(30)2-3-26(28)31/h2-3H,4-23H2,1H3,(H,27,29).